The summed E-state index contributed by atoms with van der Waals surface area (Å²) in [6.45, 7) is 2.24. The van der Waals surface area contributed by atoms with Gasteiger partial charge < -0.3 is 5.32 Å². The van der Waals surface area contributed by atoms with Gasteiger partial charge in [0.25, 0.3) is 17.3 Å². The van der Waals surface area contributed by atoms with Gasteiger partial charge in [-0.1, -0.05) is 121 Å². The van der Waals surface area contributed by atoms with E-state index in [1.54, 1.807) is 0 Å². The fourth-order valence-electron chi connectivity index (χ4n) is 4.55. The Bertz CT molecular complexity index is 949. The van der Waals surface area contributed by atoms with Gasteiger partial charge in [-0.05, 0) is 12.0 Å². The van der Waals surface area contributed by atoms with Gasteiger partial charge in [0.2, 0.25) is 0 Å². The molecule has 0 bridgehead atoms. The number of amides is 1. The zero-order chi connectivity index (χ0) is 26.9. The molecule has 2 aromatic carbocycles. The van der Waals surface area contributed by atoms with E-state index in [9.17, 15) is 25.0 Å². The average Bonchev–Trinajstić information content (AvgIpc) is 2.90. The SMILES string of the molecule is CCCCCCCCCCCCCCCC(NC(=O)c1cc([N+](=O)[O-])cc([N+](=O)[O-])c1)c1ccccc1. The van der Waals surface area contributed by atoms with Gasteiger partial charge in [0.15, 0.2) is 0 Å². The summed E-state index contributed by atoms with van der Waals surface area (Å²) in [7, 11) is 0. The number of carbonyl (C=O) groups is 1. The van der Waals surface area contributed by atoms with Gasteiger partial charge >= 0.3 is 0 Å². The van der Waals surface area contributed by atoms with Gasteiger partial charge in [-0.25, -0.2) is 0 Å². The number of unbranched alkanes of at least 4 members (excludes halogenated alkanes) is 12. The van der Waals surface area contributed by atoms with E-state index in [1.807, 2.05) is 30.3 Å². The number of hydrogen-bond acceptors (Lipinski definition) is 5. The number of carbonyl (C=O) groups excluding carboxylic acids is 1. The maximum absolute atomic E-state index is 13.0. The second-order valence-electron chi connectivity index (χ2n) is 9.72. The van der Waals surface area contributed by atoms with Crippen molar-refractivity contribution < 1.29 is 14.6 Å². The summed E-state index contributed by atoms with van der Waals surface area (Å²) in [5.41, 5.74) is -0.110. The van der Waals surface area contributed by atoms with Crippen LogP contribution in [-0.2, 0) is 0 Å². The number of nitro groups is 2. The molecule has 0 heterocycles. The molecule has 0 aliphatic heterocycles. The summed E-state index contributed by atoms with van der Waals surface area (Å²) >= 11 is 0. The van der Waals surface area contributed by atoms with Crippen molar-refractivity contribution in [1.29, 1.82) is 0 Å². The Balaban J connectivity index is 1.82. The van der Waals surface area contributed by atoms with Crippen LogP contribution in [0.5, 0.6) is 0 Å². The van der Waals surface area contributed by atoms with Crippen molar-refractivity contribution in [3.63, 3.8) is 0 Å². The number of benzene rings is 2. The molecule has 1 unspecified atom stereocenters. The zero-order valence-electron chi connectivity index (χ0n) is 22.0. The van der Waals surface area contributed by atoms with Crippen LogP contribution in [0, 0.1) is 20.2 Å². The van der Waals surface area contributed by atoms with E-state index in [2.05, 4.69) is 12.2 Å². The van der Waals surface area contributed by atoms with Crippen molar-refractivity contribution in [1.82, 2.24) is 5.32 Å². The van der Waals surface area contributed by atoms with Crippen molar-refractivity contribution in [2.75, 3.05) is 0 Å². The van der Waals surface area contributed by atoms with E-state index in [4.69, 9.17) is 0 Å². The normalized spacial score (nSPS) is 11.7. The molecule has 0 spiro atoms. The first-order valence-corrected chi connectivity index (χ1v) is 13.7. The van der Waals surface area contributed by atoms with Crippen molar-refractivity contribution in [2.24, 2.45) is 0 Å². The van der Waals surface area contributed by atoms with Crippen LogP contribution < -0.4 is 5.32 Å². The molecule has 0 saturated heterocycles. The topological polar surface area (TPSA) is 115 Å². The molecule has 0 radical (unpaired) electrons. The van der Waals surface area contributed by atoms with Crippen molar-refractivity contribution in [3.8, 4) is 0 Å². The minimum atomic E-state index is -0.730. The molecule has 0 aromatic heterocycles. The lowest BCUT2D eigenvalue weighted by Crippen LogP contribution is -2.28. The third-order valence-electron chi connectivity index (χ3n) is 6.69. The van der Waals surface area contributed by atoms with Crippen molar-refractivity contribution in [3.05, 3.63) is 79.9 Å². The molecule has 2 aromatic rings. The van der Waals surface area contributed by atoms with Crippen LogP contribution in [0.25, 0.3) is 0 Å². The Kier molecular flexibility index (Phi) is 13.9. The van der Waals surface area contributed by atoms with Crippen LogP contribution in [0.2, 0.25) is 0 Å². The number of hydrogen-bond donors (Lipinski definition) is 1. The van der Waals surface area contributed by atoms with Crippen molar-refractivity contribution >= 4 is 17.3 Å². The smallest absolute Gasteiger partial charge is 0.277 e. The van der Waals surface area contributed by atoms with Gasteiger partial charge in [0, 0.05) is 12.1 Å². The first-order chi connectivity index (χ1) is 17.9. The fraction of sp³-hybridized carbons (Fsp3) is 0.552. The Morgan fingerprint density at radius 1 is 0.730 bits per heavy atom. The Morgan fingerprint density at radius 3 is 1.65 bits per heavy atom. The lowest BCUT2D eigenvalue weighted by molar-refractivity contribution is -0.394. The highest BCUT2D eigenvalue weighted by atomic mass is 16.6. The predicted molar refractivity (Wildman–Crippen MR) is 147 cm³/mol. The van der Waals surface area contributed by atoms with Crippen molar-refractivity contribution in [2.45, 2.75) is 103 Å². The third kappa shape index (κ3) is 11.5. The number of non-ortho nitro benzene ring substituents is 2. The maximum atomic E-state index is 13.0. The van der Waals surface area contributed by atoms with Crippen LogP contribution in [0.3, 0.4) is 0 Å². The van der Waals surface area contributed by atoms with Gasteiger partial charge in [-0.2, -0.15) is 0 Å². The highest BCUT2D eigenvalue weighted by Crippen LogP contribution is 2.25. The molecule has 1 atom stereocenters. The number of rotatable bonds is 19. The number of nitrogens with zero attached hydrogens (tertiary/aromatic N) is 2. The predicted octanol–water partition coefficient (Wildman–Crippen LogP) is 8.46. The van der Waals surface area contributed by atoms with E-state index in [-0.39, 0.29) is 11.6 Å². The lowest BCUT2D eigenvalue weighted by Gasteiger charge is -2.19. The largest absolute Gasteiger partial charge is 0.345 e. The standard InChI is InChI=1S/C29H41N3O5/c1-2-3-4-5-6-7-8-9-10-11-12-13-17-20-28(24-18-15-14-16-19-24)30-29(33)25-21-26(31(34)35)23-27(22-25)32(36)37/h14-16,18-19,21-23,28H,2-13,17,20H2,1H3,(H,30,33). The molecule has 8 heteroatoms. The third-order valence-corrected chi connectivity index (χ3v) is 6.69. The van der Waals surface area contributed by atoms with E-state index in [0.717, 1.165) is 49.4 Å². The quantitative estimate of drug-likeness (QED) is 0.115. The highest BCUT2D eigenvalue weighted by Gasteiger charge is 2.22. The van der Waals surface area contributed by atoms with Gasteiger partial charge in [0.1, 0.15) is 0 Å². The van der Waals surface area contributed by atoms with Crippen LogP contribution in [-0.4, -0.2) is 15.8 Å². The molecule has 1 amide bonds. The second kappa shape index (κ2) is 17.2. The molecule has 37 heavy (non-hydrogen) atoms. The number of nitro benzene ring substituents is 2. The maximum Gasteiger partial charge on any atom is 0.277 e. The number of nitrogens with one attached hydrogen (secondary N) is 1. The lowest BCUT2D eigenvalue weighted by atomic mass is 9.98. The Hall–Kier alpha value is -3.29. The molecule has 8 nitrogen and oxygen atoms in total. The molecular weight excluding hydrogens is 470 g/mol. The first-order valence-electron chi connectivity index (χ1n) is 13.7. The molecule has 2 rings (SSSR count). The van der Waals surface area contributed by atoms with E-state index < -0.39 is 27.1 Å². The summed E-state index contributed by atoms with van der Waals surface area (Å²) in [4.78, 5) is 33.9. The van der Waals surface area contributed by atoms with Gasteiger partial charge in [0.05, 0.1) is 27.5 Å². The zero-order valence-corrected chi connectivity index (χ0v) is 22.0. The highest BCUT2D eigenvalue weighted by molar-refractivity contribution is 5.95. The summed E-state index contributed by atoms with van der Waals surface area (Å²) in [5.74, 6) is -0.560. The second-order valence-corrected chi connectivity index (χ2v) is 9.72. The molecular formula is C29H41N3O5. The first kappa shape index (κ1) is 29.9. The molecule has 0 saturated carbocycles. The molecule has 0 aliphatic rings. The summed E-state index contributed by atoms with van der Waals surface area (Å²) in [5, 5.41) is 25.3. The molecule has 202 valence electrons. The van der Waals surface area contributed by atoms with Crippen LogP contribution >= 0.6 is 0 Å². The van der Waals surface area contributed by atoms with Crippen LogP contribution in [0.4, 0.5) is 11.4 Å². The van der Waals surface area contributed by atoms with Gasteiger partial charge in [-0.3, -0.25) is 25.0 Å². The summed E-state index contributed by atoms with van der Waals surface area (Å²) < 4.78 is 0. The Morgan fingerprint density at radius 2 is 1.19 bits per heavy atom. The monoisotopic (exact) mass is 511 g/mol. The summed E-state index contributed by atoms with van der Waals surface area (Å²) in [6.07, 6.45) is 17.1. The van der Waals surface area contributed by atoms with Gasteiger partial charge in [-0.15, -0.1) is 0 Å². The molecule has 0 aliphatic carbocycles. The van der Waals surface area contributed by atoms with E-state index >= 15 is 0 Å². The van der Waals surface area contributed by atoms with Crippen LogP contribution in [0.1, 0.15) is 119 Å². The van der Waals surface area contributed by atoms with E-state index in [1.165, 1.54) is 64.2 Å². The Labute approximate surface area is 220 Å². The minimum Gasteiger partial charge on any atom is -0.345 e. The molecule has 1 N–H and O–H groups in total. The minimum absolute atomic E-state index is 0.0906. The van der Waals surface area contributed by atoms with E-state index in [0.29, 0.717) is 0 Å². The van der Waals surface area contributed by atoms with Crippen LogP contribution in [0.15, 0.2) is 48.5 Å². The average molecular weight is 512 g/mol. The molecule has 0 fully saturated rings. The fourth-order valence-corrected chi connectivity index (χ4v) is 4.55. The summed E-state index contributed by atoms with van der Waals surface area (Å²) in [6, 6.07) is 12.3.